The highest BCUT2D eigenvalue weighted by molar-refractivity contribution is 5.80. The van der Waals surface area contributed by atoms with Crippen LogP contribution < -0.4 is 10.6 Å². The predicted octanol–water partition coefficient (Wildman–Crippen LogP) is 2.65. The lowest BCUT2D eigenvalue weighted by atomic mass is 10.1. The highest BCUT2D eigenvalue weighted by Gasteiger charge is 2.31. The molecule has 3 rings (SSSR count). The van der Waals surface area contributed by atoms with E-state index in [1.165, 1.54) is 18.9 Å². The van der Waals surface area contributed by atoms with E-state index >= 15 is 0 Å². The molecule has 0 atom stereocenters. The van der Waals surface area contributed by atoms with Crippen LogP contribution in [0.15, 0.2) is 23.2 Å². The van der Waals surface area contributed by atoms with E-state index in [2.05, 4.69) is 20.5 Å². The Morgan fingerprint density at radius 3 is 2.62 bits per heavy atom. The Balaban J connectivity index is 1.56. The minimum Gasteiger partial charge on any atom is -0.357 e. The molecule has 0 radical (unpaired) electrons. The zero-order valence-electron chi connectivity index (χ0n) is 14.2. The first-order valence-corrected chi connectivity index (χ1v) is 8.88. The lowest BCUT2D eigenvalue weighted by Crippen LogP contribution is -2.49. The second-order valence-corrected chi connectivity index (χ2v) is 6.62. The van der Waals surface area contributed by atoms with E-state index in [9.17, 15) is 8.78 Å². The molecule has 0 unspecified atom stereocenters. The molecule has 1 heterocycles. The number of halogens is 2. The third kappa shape index (κ3) is 4.66. The van der Waals surface area contributed by atoms with Crippen molar-refractivity contribution in [2.75, 3.05) is 19.6 Å². The summed E-state index contributed by atoms with van der Waals surface area (Å²) in [5.41, 5.74) is 0.274. The fourth-order valence-corrected chi connectivity index (χ4v) is 3.19. The number of guanidine groups is 1. The van der Waals surface area contributed by atoms with Gasteiger partial charge >= 0.3 is 0 Å². The van der Waals surface area contributed by atoms with Crippen LogP contribution in [0, 0.1) is 11.6 Å². The Morgan fingerprint density at radius 1 is 1.21 bits per heavy atom. The zero-order chi connectivity index (χ0) is 16.9. The van der Waals surface area contributed by atoms with Crippen molar-refractivity contribution in [1.82, 2.24) is 15.5 Å². The van der Waals surface area contributed by atoms with Crippen LogP contribution in [0.5, 0.6) is 0 Å². The van der Waals surface area contributed by atoms with Gasteiger partial charge in [0.1, 0.15) is 11.6 Å². The van der Waals surface area contributed by atoms with Crippen molar-refractivity contribution in [3.8, 4) is 0 Å². The number of nitrogens with one attached hydrogen (secondary N) is 2. The molecule has 0 bridgehead atoms. The minimum atomic E-state index is -0.438. The maximum atomic E-state index is 13.7. The van der Waals surface area contributed by atoms with E-state index < -0.39 is 11.6 Å². The molecule has 1 aliphatic carbocycles. The zero-order valence-corrected chi connectivity index (χ0v) is 14.2. The van der Waals surface area contributed by atoms with Crippen LogP contribution in [0.2, 0.25) is 0 Å². The number of benzene rings is 1. The molecule has 1 saturated heterocycles. The molecule has 1 aromatic carbocycles. The van der Waals surface area contributed by atoms with Crippen molar-refractivity contribution in [2.45, 2.75) is 51.2 Å². The van der Waals surface area contributed by atoms with Gasteiger partial charge in [-0.05, 0) is 50.8 Å². The van der Waals surface area contributed by atoms with Gasteiger partial charge in [-0.25, -0.2) is 13.8 Å². The molecule has 2 N–H and O–H groups in total. The average Bonchev–Trinajstić information content (AvgIpc) is 3.41. The quantitative estimate of drug-likeness (QED) is 0.641. The third-order valence-corrected chi connectivity index (χ3v) is 4.69. The standard InChI is InChI=1S/C18H26F2N4/c1-2-21-18(22-12-13-11-14(19)3-6-17(13)20)23-15-7-9-24(10-8-15)16-4-5-16/h3,6,11,15-16H,2,4-5,7-10,12H2,1H3,(H2,21,22,23). The van der Waals surface area contributed by atoms with Gasteiger partial charge in [-0.3, -0.25) is 0 Å². The SMILES string of the molecule is CCNC(=NCc1cc(F)ccc1F)NC1CCN(C2CC2)CC1. The topological polar surface area (TPSA) is 39.7 Å². The molecule has 1 saturated carbocycles. The molecule has 4 nitrogen and oxygen atoms in total. The molecule has 0 amide bonds. The molecule has 0 aromatic heterocycles. The van der Waals surface area contributed by atoms with Gasteiger partial charge < -0.3 is 15.5 Å². The Morgan fingerprint density at radius 2 is 1.96 bits per heavy atom. The Labute approximate surface area is 142 Å². The molecule has 2 fully saturated rings. The third-order valence-electron chi connectivity index (χ3n) is 4.69. The number of nitrogens with zero attached hydrogens (tertiary/aromatic N) is 2. The number of piperidine rings is 1. The van der Waals surface area contributed by atoms with Crippen LogP contribution in [0.25, 0.3) is 0 Å². The van der Waals surface area contributed by atoms with E-state index in [0.29, 0.717) is 12.0 Å². The van der Waals surface area contributed by atoms with E-state index in [1.807, 2.05) is 6.92 Å². The van der Waals surface area contributed by atoms with Crippen LogP contribution in [-0.4, -0.2) is 42.6 Å². The van der Waals surface area contributed by atoms with Crippen molar-refractivity contribution in [3.63, 3.8) is 0 Å². The largest absolute Gasteiger partial charge is 0.357 e. The van der Waals surface area contributed by atoms with Crippen LogP contribution in [-0.2, 0) is 6.54 Å². The molecule has 6 heteroatoms. The highest BCUT2D eigenvalue weighted by Crippen LogP contribution is 2.29. The number of likely N-dealkylation sites (tertiary alicyclic amines) is 1. The Hall–Kier alpha value is -1.69. The first-order chi connectivity index (χ1) is 11.7. The fraction of sp³-hybridized carbons (Fsp3) is 0.611. The summed E-state index contributed by atoms with van der Waals surface area (Å²) in [6.45, 7) is 5.11. The van der Waals surface area contributed by atoms with E-state index in [0.717, 1.165) is 50.7 Å². The molecule has 1 aromatic rings. The molecule has 2 aliphatic rings. The second kappa shape index (κ2) is 7.92. The first-order valence-electron chi connectivity index (χ1n) is 8.88. The van der Waals surface area contributed by atoms with Crippen molar-refractivity contribution in [3.05, 3.63) is 35.4 Å². The smallest absolute Gasteiger partial charge is 0.191 e. The van der Waals surface area contributed by atoms with Gasteiger partial charge in [0.05, 0.1) is 6.54 Å². The van der Waals surface area contributed by atoms with Crippen LogP contribution >= 0.6 is 0 Å². The second-order valence-electron chi connectivity index (χ2n) is 6.62. The molecular formula is C18H26F2N4. The van der Waals surface area contributed by atoms with Crippen LogP contribution in [0.3, 0.4) is 0 Å². The molecular weight excluding hydrogens is 310 g/mol. The highest BCUT2D eigenvalue weighted by atomic mass is 19.1. The van der Waals surface area contributed by atoms with E-state index in [1.54, 1.807) is 0 Å². The summed E-state index contributed by atoms with van der Waals surface area (Å²) < 4.78 is 27.0. The number of hydrogen-bond acceptors (Lipinski definition) is 2. The van der Waals surface area contributed by atoms with Crippen molar-refractivity contribution in [2.24, 2.45) is 4.99 Å². The van der Waals surface area contributed by atoms with Gasteiger partial charge in [-0.1, -0.05) is 0 Å². The van der Waals surface area contributed by atoms with Gasteiger partial charge in [0.2, 0.25) is 0 Å². The maximum Gasteiger partial charge on any atom is 0.191 e. The van der Waals surface area contributed by atoms with Crippen LogP contribution in [0.1, 0.15) is 38.2 Å². The number of aliphatic imine (C=N–C) groups is 1. The normalized spacial score (nSPS) is 20.2. The summed E-state index contributed by atoms with van der Waals surface area (Å²) in [6.07, 6.45) is 4.88. The predicted molar refractivity (Wildman–Crippen MR) is 91.9 cm³/mol. The van der Waals surface area contributed by atoms with Crippen molar-refractivity contribution >= 4 is 5.96 Å². The fourth-order valence-electron chi connectivity index (χ4n) is 3.19. The lowest BCUT2D eigenvalue weighted by Gasteiger charge is -2.33. The van der Waals surface area contributed by atoms with E-state index in [-0.39, 0.29) is 12.1 Å². The lowest BCUT2D eigenvalue weighted by molar-refractivity contribution is 0.197. The van der Waals surface area contributed by atoms with Gasteiger partial charge in [-0.2, -0.15) is 0 Å². The monoisotopic (exact) mass is 336 g/mol. The Kier molecular flexibility index (Phi) is 5.66. The summed E-state index contributed by atoms with van der Waals surface area (Å²) in [5.74, 6) is -0.188. The Bertz CT molecular complexity index is 578. The number of rotatable bonds is 5. The van der Waals surface area contributed by atoms with Crippen molar-refractivity contribution < 1.29 is 8.78 Å². The number of hydrogen-bond donors (Lipinski definition) is 2. The average molecular weight is 336 g/mol. The van der Waals surface area contributed by atoms with Gasteiger partial charge in [0.25, 0.3) is 0 Å². The molecule has 0 spiro atoms. The first kappa shape index (κ1) is 17.1. The molecule has 1 aliphatic heterocycles. The van der Waals surface area contributed by atoms with Gasteiger partial charge in [-0.15, -0.1) is 0 Å². The molecule has 24 heavy (non-hydrogen) atoms. The summed E-state index contributed by atoms with van der Waals surface area (Å²) in [5, 5.41) is 6.63. The maximum absolute atomic E-state index is 13.7. The van der Waals surface area contributed by atoms with E-state index in [4.69, 9.17) is 0 Å². The molecule has 132 valence electrons. The summed E-state index contributed by atoms with van der Waals surface area (Å²) >= 11 is 0. The summed E-state index contributed by atoms with van der Waals surface area (Å²) in [7, 11) is 0. The van der Waals surface area contributed by atoms with Crippen molar-refractivity contribution in [1.29, 1.82) is 0 Å². The summed E-state index contributed by atoms with van der Waals surface area (Å²) in [4.78, 5) is 6.99. The van der Waals surface area contributed by atoms with Crippen LogP contribution in [0.4, 0.5) is 8.78 Å². The minimum absolute atomic E-state index is 0.125. The van der Waals surface area contributed by atoms with Gasteiger partial charge in [0, 0.05) is 37.3 Å². The summed E-state index contributed by atoms with van der Waals surface area (Å²) in [6, 6.07) is 4.68. The van der Waals surface area contributed by atoms with Gasteiger partial charge in [0.15, 0.2) is 5.96 Å².